The quantitative estimate of drug-likeness (QED) is 0.150. The summed E-state index contributed by atoms with van der Waals surface area (Å²) in [6, 6.07) is 3.29. The zero-order valence-corrected chi connectivity index (χ0v) is 41.5. The number of hydrogen-bond donors (Lipinski definition) is 9. The Hall–Kier alpha value is -1.77. The molecule has 21 heteroatoms. The fourth-order valence-corrected chi connectivity index (χ4v) is 9.91. The number of phenolic OH excluding ortho intramolecular Hbond substituents is 2. The van der Waals surface area contributed by atoms with Crippen molar-refractivity contribution in [2.24, 2.45) is 0 Å². The molecule has 2 aromatic carbocycles. The Bertz CT molecular complexity index is 2050. The number of aliphatic hydroxyl groups is 7. The van der Waals surface area contributed by atoms with Gasteiger partial charge in [0.1, 0.15) is 47.8 Å². The molecule has 0 amide bonds. The molecule has 0 bridgehead atoms. The maximum atomic E-state index is 14.1. The Morgan fingerprint density at radius 2 is 1.12 bits per heavy atom. The summed E-state index contributed by atoms with van der Waals surface area (Å²) in [7, 11) is 0. The predicted octanol–water partition coefficient (Wildman–Crippen LogP) is 1.01. The molecule has 5 saturated heterocycles. The van der Waals surface area contributed by atoms with Crippen molar-refractivity contribution < 1.29 is 131 Å². The van der Waals surface area contributed by atoms with Crippen molar-refractivity contribution in [1.82, 2.24) is 0 Å². The zero-order chi connectivity index (χ0) is 47.7. The molecule has 9 N–H and O–H groups in total. The van der Waals surface area contributed by atoms with E-state index in [4.69, 9.17) is 47.4 Å². The van der Waals surface area contributed by atoms with Crippen LogP contribution in [-0.4, -0.2) is 180 Å². The second kappa shape index (κ2) is 21.1. The van der Waals surface area contributed by atoms with E-state index in [1.54, 1.807) is 60.1 Å². The fourth-order valence-electron chi connectivity index (χ4n) is 9.91. The largest absolute Gasteiger partial charge is 0.507 e. The number of rotatable bonds is 10. The van der Waals surface area contributed by atoms with E-state index in [0.717, 1.165) is 0 Å². The molecule has 0 aromatic heterocycles. The molecule has 67 heavy (non-hydrogen) atoms. The van der Waals surface area contributed by atoms with Crippen LogP contribution in [0.15, 0.2) is 12.1 Å². The summed E-state index contributed by atoms with van der Waals surface area (Å²) in [5.41, 5.74) is -0.803. The molecular weight excluding hydrogens is 961 g/mol. The van der Waals surface area contributed by atoms with Crippen LogP contribution in [0, 0.1) is 13.3 Å². The van der Waals surface area contributed by atoms with Gasteiger partial charge >= 0.3 is 0 Å². The molecule has 0 saturated carbocycles. The molecule has 6 aliphatic rings. The van der Waals surface area contributed by atoms with Crippen molar-refractivity contribution in [2.75, 3.05) is 0 Å². The average Bonchev–Trinajstić information content (AvgIpc) is 3.24. The zero-order valence-electron chi connectivity index (χ0n) is 38.6. The number of ketones is 1. The smallest absolute Gasteiger partial charge is 0.202 e. The van der Waals surface area contributed by atoms with Gasteiger partial charge in [0.25, 0.3) is 0 Å². The number of carbonyl (C=O) groups is 1. The third-order valence-electron chi connectivity index (χ3n) is 13.9. The summed E-state index contributed by atoms with van der Waals surface area (Å²) in [4.78, 5) is 14.1. The van der Waals surface area contributed by atoms with Crippen LogP contribution in [0.1, 0.15) is 95.1 Å². The van der Waals surface area contributed by atoms with E-state index in [9.17, 15) is 50.8 Å². The number of hydrogen-bond acceptors (Lipinski definition) is 20. The van der Waals surface area contributed by atoms with Gasteiger partial charge in [-0.15, -0.1) is 0 Å². The first-order valence-corrected chi connectivity index (χ1v) is 22.8. The van der Waals surface area contributed by atoms with Crippen molar-refractivity contribution in [1.29, 1.82) is 0 Å². The van der Waals surface area contributed by atoms with Crippen LogP contribution < -0.4 is 4.74 Å². The van der Waals surface area contributed by atoms with Gasteiger partial charge in [-0.1, -0.05) is 11.6 Å². The Labute approximate surface area is 413 Å². The normalized spacial score (nSPS) is 43.9. The molecule has 1 aliphatic carbocycles. The van der Waals surface area contributed by atoms with Gasteiger partial charge in [-0.3, -0.25) is 11.2 Å². The molecule has 20 nitrogen and oxygen atoms in total. The van der Waals surface area contributed by atoms with Crippen LogP contribution in [0.5, 0.6) is 17.2 Å². The number of fused-ring (bicyclic) bond motifs is 2. The van der Waals surface area contributed by atoms with Gasteiger partial charge in [0, 0.05) is 76.5 Å². The summed E-state index contributed by atoms with van der Waals surface area (Å²) in [6.45, 7) is 11.2. The van der Waals surface area contributed by atoms with Gasteiger partial charge in [0.05, 0.1) is 71.5 Å². The van der Waals surface area contributed by atoms with E-state index in [-0.39, 0.29) is 99.2 Å². The molecule has 5 fully saturated rings. The Morgan fingerprint density at radius 3 is 1.67 bits per heavy atom. The van der Waals surface area contributed by atoms with Gasteiger partial charge in [0.2, 0.25) is 6.29 Å². The maximum Gasteiger partial charge on any atom is 0.202 e. The fraction of sp³-hybridized carbons (Fsp3) is 0.739. The third kappa shape index (κ3) is 11.0. The van der Waals surface area contributed by atoms with Crippen LogP contribution >= 0.6 is 0 Å². The minimum Gasteiger partial charge on any atom is -0.507 e. The van der Waals surface area contributed by atoms with Crippen LogP contribution in [-0.2, 0) is 81.8 Å². The number of carbonyl (C=O) groups excluding carboxylic acids is 1. The molecule has 8 rings (SSSR count). The van der Waals surface area contributed by atoms with Crippen molar-refractivity contribution in [3.05, 3.63) is 35.2 Å². The van der Waals surface area contributed by atoms with Crippen molar-refractivity contribution in [3.8, 4) is 17.2 Å². The number of benzene rings is 2. The van der Waals surface area contributed by atoms with Gasteiger partial charge in [-0.25, -0.2) is 0 Å². The van der Waals surface area contributed by atoms with Crippen molar-refractivity contribution >= 4 is 16.6 Å². The van der Waals surface area contributed by atoms with Crippen molar-refractivity contribution in [2.45, 2.75) is 216 Å². The van der Waals surface area contributed by atoms with Crippen LogP contribution in [0.3, 0.4) is 0 Å². The van der Waals surface area contributed by atoms with Crippen molar-refractivity contribution in [3.63, 3.8) is 0 Å². The predicted molar refractivity (Wildman–Crippen MR) is 226 cm³/mol. The van der Waals surface area contributed by atoms with E-state index in [1.165, 1.54) is 6.92 Å². The van der Waals surface area contributed by atoms with E-state index < -0.39 is 140 Å². The number of aliphatic hydroxyl groups excluding tert-OH is 6. The van der Waals surface area contributed by atoms with E-state index >= 15 is 0 Å². The first-order chi connectivity index (χ1) is 31.1. The van der Waals surface area contributed by atoms with Gasteiger partial charge in [-0.2, -0.15) is 6.42 Å². The number of ether oxygens (including phenoxy) is 10. The van der Waals surface area contributed by atoms with Gasteiger partial charge in [-0.05, 0) is 59.9 Å². The molecule has 0 spiro atoms. The second-order valence-electron chi connectivity index (χ2n) is 19.0. The standard InChI is InChI=1S/C46H65O20.Y/c1-17-27(63-33-14-28(40(50)20(4)59-33)64-31-12-25(47)39(49)18(2)57-31)11-24-10-23-8-9-26(43(53)36(23)44(54)37(24)38(17)48)62-32-13-29(41(51)19(3)58-32)65-34-15-30(42(52)21(5)60-34)66-35-16-46(7,56)45(55)22(6)61-35;/h9-11,18-22,25-26,28-35,39-42,45,47-52,54-56H,8,12-16H2,1-7H3;/q-1;/t18?,19?,20?,21?,22?,25-,26+,28-,29-,30-,31+,32+,33+,34+,35+,39-,40-,41-,42-,45-,46+;/m1./s1. The molecular formula is C46H65O20Y-. The molecule has 5 heterocycles. The van der Waals surface area contributed by atoms with Crippen LogP contribution in [0.4, 0.5) is 0 Å². The second-order valence-corrected chi connectivity index (χ2v) is 19.0. The number of Topliss-reactive ketones (excluding diaryl/α,β-unsaturated/α-hetero) is 1. The van der Waals surface area contributed by atoms with Gasteiger partial charge < -0.3 is 93.3 Å². The minimum atomic E-state index is -1.48. The Morgan fingerprint density at radius 1 is 0.642 bits per heavy atom. The Kier molecular flexibility index (Phi) is 16.7. The summed E-state index contributed by atoms with van der Waals surface area (Å²) in [5.74, 6) is -1.14. The summed E-state index contributed by atoms with van der Waals surface area (Å²) >= 11 is 0. The number of aromatic hydroxyl groups is 2. The van der Waals surface area contributed by atoms with Crippen LogP contribution in [0.2, 0.25) is 0 Å². The van der Waals surface area contributed by atoms with E-state index in [0.29, 0.717) is 10.9 Å². The van der Waals surface area contributed by atoms with E-state index in [2.05, 4.69) is 0 Å². The maximum absolute atomic E-state index is 14.1. The molecule has 5 unspecified atom stereocenters. The molecule has 21 atom stereocenters. The average molecular weight is 1030 g/mol. The van der Waals surface area contributed by atoms with E-state index in [1.807, 2.05) is 0 Å². The molecule has 5 aliphatic heterocycles. The summed E-state index contributed by atoms with van der Waals surface area (Å²) < 4.78 is 60.2. The molecule has 2 aromatic rings. The first-order valence-electron chi connectivity index (χ1n) is 22.8. The monoisotopic (exact) mass is 1030 g/mol. The number of phenols is 2. The minimum absolute atomic E-state index is 0. The van der Waals surface area contributed by atoms with Crippen LogP contribution in [0.25, 0.3) is 10.8 Å². The first kappa shape index (κ1) is 53.0. The SMILES string of the molecule is Cc1c(O[C@H]2C[C@@H](O[C@H]3C[C@@H](O)[C@H](O)C(C)O3)[C@H](O)C(C)O2)cc2cc3c(c(O)c2c1O)C(=O)[C@@H](O[C@H]1C[C@@H](O[C@H]2C[C@@H](O[C@H]4C[C@](C)(O)[C@H](O)C(C)O4)[C@H](O)C(C)O2)[C@H](O)C(C)O1)[CH-]C3.[Y]. The third-order valence-corrected chi connectivity index (χ3v) is 13.9. The Balaban J connectivity index is 0.00000666. The molecule has 373 valence electrons. The topological polar surface area (TPSA) is 291 Å². The summed E-state index contributed by atoms with van der Waals surface area (Å²) in [5, 5.41) is 98.0. The summed E-state index contributed by atoms with van der Waals surface area (Å²) in [6.07, 6.45) is -16.9. The van der Waals surface area contributed by atoms with Gasteiger partial charge in [0.15, 0.2) is 30.9 Å². The molecule has 1 radical (unpaired) electrons.